The molecule has 2 aromatic carbocycles. The molecule has 1 amide bonds. The fourth-order valence-corrected chi connectivity index (χ4v) is 4.41. The fourth-order valence-electron chi connectivity index (χ4n) is 3.55. The second-order valence-corrected chi connectivity index (χ2v) is 8.62. The van der Waals surface area contributed by atoms with Gasteiger partial charge in [0.2, 0.25) is 5.91 Å². The Kier molecular flexibility index (Phi) is 7.56. The number of amides is 1. The van der Waals surface area contributed by atoms with Crippen LogP contribution in [0.3, 0.4) is 0 Å². The molecular weight excluding hydrogens is 465 g/mol. The lowest BCUT2D eigenvalue weighted by Gasteiger charge is -2.23. The van der Waals surface area contributed by atoms with Gasteiger partial charge < -0.3 is 4.74 Å². The molecule has 1 aromatic heterocycles. The summed E-state index contributed by atoms with van der Waals surface area (Å²) in [6.07, 6.45) is -2.15. The van der Waals surface area contributed by atoms with E-state index >= 15 is 0 Å². The Morgan fingerprint density at radius 2 is 1.79 bits per heavy atom. The quantitative estimate of drug-likeness (QED) is 0.292. The molecule has 0 bridgehead atoms. The van der Waals surface area contributed by atoms with Crippen molar-refractivity contribution >= 4 is 40.1 Å². The maximum Gasteiger partial charge on any atom is 0.416 e. The lowest BCUT2D eigenvalue weighted by molar-refractivity contribution is -0.139. The monoisotopic (exact) mass is 488 g/mol. The molecule has 0 atom stereocenters. The van der Waals surface area contributed by atoms with Gasteiger partial charge in [-0.15, -0.1) is 11.3 Å². The molecule has 1 heterocycles. The SMILES string of the molecule is CC(=O)N(c1nc(COC(=O)/C=C/c2cccc(C(F)(F)F)c2)cs1)c1c(C)cc(C)cc1C. The number of thiazole rings is 1. The van der Waals surface area contributed by atoms with E-state index in [-0.39, 0.29) is 18.1 Å². The van der Waals surface area contributed by atoms with Crippen LogP contribution in [0.25, 0.3) is 6.08 Å². The van der Waals surface area contributed by atoms with Crippen LogP contribution in [0.5, 0.6) is 0 Å². The van der Waals surface area contributed by atoms with Gasteiger partial charge in [-0.2, -0.15) is 13.2 Å². The molecule has 0 N–H and O–H groups in total. The standard InChI is InChI=1S/C25H23F3N2O3S/c1-15-10-16(2)23(17(3)11-15)30(18(4)31)24-29-21(14-34-24)13-33-22(32)9-8-19-6-5-7-20(12-19)25(26,27)28/h5-12,14H,13H2,1-4H3/b9-8+. The summed E-state index contributed by atoms with van der Waals surface area (Å²) in [4.78, 5) is 30.5. The maximum atomic E-state index is 12.8. The zero-order valence-corrected chi connectivity index (χ0v) is 19.9. The minimum atomic E-state index is -4.46. The third-order valence-corrected chi connectivity index (χ3v) is 5.77. The van der Waals surface area contributed by atoms with Gasteiger partial charge in [0, 0.05) is 18.4 Å². The third-order valence-electron chi connectivity index (χ3n) is 4.89. The third kappa shape index (κ3) is 6.11. The number of aromatic nitrogens is 1. The van der Waals surface area contributed by atoms with E-state index in [4.69, 9.17) is 4.74 Å². The van der Waals surface area contributed by atoms with Crippen molar-refractivity contribution in [3.63, 3.8) is 0 Å². The minimum Gasteiger partial charge on any atom is -0.456 e. The van der Waals surface area contributed by atoms with Crippen molar-refractivity contribution in [3.8, 4) is 0 Å². The van der Waals surface area contributed by atoms with Gasteiger partial charge in [0.15, 0.2) is 5.13 Å². The van der Waals surface area contributed by atoms with Gasteiger partial charge in [-0.25, -0.2) is 9.78 Å². The van der Waals surface area contributed by atoms with Crippen LogP contribution in [-0.4, -0.2) is 16.9 Å². The van der Waals surface area contributed by atoms with E-state index in [1.165, 1.54) is 41.4 Å². The predicted octanol–water partition coefficient (Wildman–Crippen LogP) is 6.53. The van der Waals surface area contributed by atoms with E-state index in [1.54, 1.807) is 5.38 Å². The largest absolute Gasteiger partial charge is 0.456 e. The van der Waals surface area contributed by atoms with Gasteiger partial charge >= 0.3 is 12.1 Å². The molecule has 178 valence electrons. The Hall–Kier alpha value is -3.46. The highest BCUT2D eigenvalue weighted by Gasteiger charge is 2.30. The van der Waals surface area contributed by atoms with Crippen LogP contribution in [0.15, 0.2) is 47.9 Å². The molecule has 0 saturated heterocycles. The molecule has 5 nitrogen and oxygen atoms in total. The second kappa shape index (κ2) is 10.2. The normalized spacial score (nSPS) is 11.6. The molecule has 0 spiro atoms. The summed E-state index contributed by atoms with van der Waals surface area (Å²) in [6, 6.07) is 8.61. The number of esters is 1. The van der Waals surface area contributed by atoms with E-state index < -0.39 is 17.7 Å². The number of anilines is 2. The van der Waals surface area contributed by atoms with E-state index in [0.717, 1.165) is 40.6 Å². The number of hydrogen-bond acceptors (Lipinski definition) is 5. The number of ether oxygens (including phenoxy) is 1. The van der Waals surface area contributed by atoms with Crippen molar-refractivity contribution in [2.45, 2.75) is 40.5 Å². The molecule has 9 heteroatoms. The van der Waals surface area contributed by atoms with Gasteiger partial charge in [-0.3, -0.25) is 9.69 Å². The first-order valence-corrected chi connectivity index (χ1v) is 11.2. The lowest BCUT2D eigenvalue weighted by atomic mass is 10.0. The Labute approximate surface area is 199 Å². The van der Waals surface area contributed by atoms with Crippen molar-refractivity contribution in [1.29, 1.82) is 0 Å². The van der Waals surface area contributed by atoms with Crippen LogP contribution in [0.2, 0.25) is 0 Å². The van der Waals surface area contributed by atoms with Crippen LogP contribution >= 0.6 is 11.3 Å². The van der Waals surface area contributed by atoms with Gasteiger partial charge in [-0.05, 0) is 55.7 Å². The van der Waals surface area contributed by atoms with Crippen LogP contribution in [0, 0.1) is 20.8 Å². The number of aryl methyl sites for hydroxylation is 3. The molecule has 3 aromatic rings. The van der Waals surface area contributed by atoms with Gasteiger partial charge in [-0.1, -0.05) is 29.8 Å². The number of nitrogens with zero attached hydrogens (tertiary/aromatic N) is 2. The van der Waals surface area contributed by atoms with E-state index in [1.807, 2.05) is 32.9 Å². The summed E-state index contributed by atoms with van der Waals surface area (Å²) in [5, 5.41) is 2.14. The van der Waals surface area contributed by atoms with Crippen LogP contribution < -0.4 is 4.90 Å². The molecule has 0 aliphatic rings. The Morgan fingerprint density at radius 3 is 2.41 bits per heavy atom. The number of hydrogen-bond donors (Lipinski definition) is 0. The van der Waals surface area contributed by atoms with Crippen molar-refractivity contribution in [2.24, 2.45) is 0 Å². The molecular formula is C25H23F3N2O3S. The Balaban J connectivity index is 1.69. The van der Waals surface area contributed by atoms with Crippen molar-refractivity contribution < 1.29 is 27.5 Å². The molecule has 0 saturated carbocycles. The van der Waals surface area contributed by atoms with Gasteiger partial charge in [0.05, 0.1) is 16.9 Å². The molecule has 0 fully saturated rings. The summed E-state index contributed by atoms with van der Waals surface area (Å²) >= 11 is 1.25. The Bertz CT molecular complexity index is 1230. The minimum absolute atomic E-state index is 0.139. The average molecular weight is 489 g/mol. The highest BCUT2D eigenvalue weighted by Crippen LogP contribution is 2.34. The number of alkyl halides is 3. The maximum absolute atomic E-state index is 12.8. The van der Waals surface area contributed by atoms with Crippen molar-refractivity contribution in [1.82, 2.24) is 4.98 Å². The van der Waals surface area contributed by atoms with Crippen molar-refractivity contribution in [3.05, 3.63) is 81.4 Å². The van der Waals surface area contributed by atoms with Crippen LogP contribution in [-0.2, 0) is 27.1 Å². The van der Waals surface area contributed by atoms with Gasteiger partial charge in [0.25, 0.3) is 0 Å². The highest BCUT2D eigenvalue weighted by atomic mass is 32.1. The summed E-state index contributed by atoms with van der Waals surface area (Å²) in [6.45, 7) is 7.16. The summed E-state index contributed by atoms with van der Waals surface area (Å²) in [7, 11) is 0. The van der Waals surface area contributed by atoms with Gasteiger partial charge in [0.1, 0.15) is 6.61 Å². The van der Waals surface area contributed by atoms with E-state index in [2.05, 4.69) is 4.98 Å². The molecule has 0 aliphatic carbocycles. The Morgan fingerprint density at radius 1 is 1.12 bits per heavy atom. The van der Waals surface area contributed by atoms with E-state index in [0.29, 0.717) is 10.8 Å². The van der Waals surface area contributed by atoms with Crippen LogP contribution in [0.4, 0.5) is 24.0 Å². The zero-order chi connectivity index (χ0) is 25.0. The number of carbonyl (C=O) groups excluding carboxylic acids is 2. The lowest BCUT2D eigenvalue weighted by Crippen LogP contribution is -2.24. The van der Waals surface area contributed by atoms with Crippen LogP contribution in [0.1, 0.15) is 40.4 Å². The first-order valence-electron chi connectivity index (χ1n) is 10.3. The summed E-state index contributed by atoms with van der Waals surface area (Å²) in [5.74, 6) is -0.919. The number of halogens is 3. The zero-order valence-electron chi connectivity index (χ0n) is 19.1. The average Bonchev–Trinajstić information content (AvgIpc) is 3.21. The summed E-state index contributed by atoms with van der Waals surface area (Å²) < 4.78 is 43.6. The highest BCUT2D eigenvalue weighted by molar-refractivity contribution is 7.14. The fraction of sp³-hybridized carbons (Fsp3) is 0.240. The smallest absolute Gasteiger partial charge is 0.416 e. The molecule has 0 aliphatic heterocycles. The predicted molar refractivity (Wildman–Crippen MR) is 126 cm³/mol. The van der Waals surface area contributed by atoms with Crippen molar-refractivity contribution in [2.75, 3.05) is 4.90 Å². The topological polar surface area (TPSA) is 59.5 Å². The van der Waals surface area contributed by atoms with E-state index in [9.17, 15) is 22.8 Å². The molecule has 0 radical (unpaired) electrons. The molecule has 0 unspecified atom stereocenters. The number of carbonyl (C=O) groups is 2. The number of rotatable bonds is 6. The summed E-state index contributed by atoms with van der Waals surface area (Å²) in [5.41, 5.74) is 3.61. The second-order valence-electron chi connectivity index (χ2n) is 7.79. The number of benzene rings is 2. The molecule has 34 heavy (non-hydrogen) atoms. The first-order chi connectivity index (χ1) is 16.0. The first kappa shape index (κ1) is 25.2. The molecule has 3 rings (SSSR count).